The van der Waals surface area contributed by atoms with Gasteiger partial charge in [0, 0.05) is 43.5 Å². The third-order valence-electron chi connectivity index (χ3n) is 6.36. The molecule has 4 rings (SSSR count). The third-order valence-corrected chi connectivity index (χ3v) is 6.36. The number of hydrogen-bond acceptors (Lipinski definition) is 4. The molecule has 152 valence electrons. The van der Waals surface area contributed by atoms with E-state index >= 15 is 0 Å². The highest BCUT2D eigenvalue weighted by molar-refractivity contribution is 5.94. The quantitative estimate of drug-likeness (QED) is 0.781. The molecule has 0 aromatic carbocycles. The molecule has 0 saturated carbocycles. The maximum absolute atomic E-state index is 12.5. The predicted octanol–water partition coefficient (Wildman–Crippen LogP) is 1.42. The second-order valence-electron chi connectivity index (χ2n) is 7.86. The van der Waals surface area contributed by atoms with Crippen molar-refractivity contribution in [3.63, 3.8) is 0 Å². The highest BCUT2D eigenvalue weighted by Crippen LogP contribution is 2.38. The van der Waals surface area contributed by atoms with Crippen molar-refractivity contribution in [1.29, 1.82) is 0 Å². The van der Waals surface area contributed by atoms with Crippen molar-refractivity contribution in [2.75, 3.05) is 26.2 Å². The van der Waals surface area contributed by atoms with Crippen molar-refractivity contribution < 1.29 is 4.79 Å². The Morgan fingerprint density at radius 2 is 2.04 bits per heavy atom. The molecule has 0 aliphatic carbocycles. The summed E-state index contributed by atoms with van der Waals surface area (Å²) in [4.78, 5) is 26.9. The van der Waals surface area contributed by atoms with Gasteiger partial charge in [-0.25, -0.2) is 0 Å². The van der Waals surface area contributed by atoms with Gasteiger partial charge in [0.25, 0.3) is 11.5 Å². The summed E-state index contributed by atoms with van der Waals surface area (Å²) in [5.41, 5.74) is 0.300. The van der Waals surface area contributed by atoms with Crippen LogP contribution in [0.4, 0.5) is 0 Å². The molecule has 3 fully saturated rings. The van der Waals surface area contributed by atoms with Gasteiger partial charge in [-0.05, 0) is 56.8 Å². The van der Waals surface area contributed by atoms with Crippen LogP contribution in [-0.4, -0.2) is 53.6 Å². The molecule has 8 heteroatoms. The minimum Gasteiger partial charge on any atom is -0.350 e. The number of fused-ring (bicyclic) bond motifs is 4. The molecule has 0 spiro atoms. The number of nitrogens with one attached hydrogen (secondary N) is 2. The molecule has 3 saturated heterocycles. The predicted molar refractivity (Wildman–Crippen MR) is 111 cm³/mol. The number of aryl methyl sites for hydroxylation is 1. The Morgan fingerprint density at radius 1 is 1.26 bits per heavy atom. The fraction of sp³-hybridized carbons (Fsp3) is 0.684. The lowest BCUT2D eigenvalue weighted by Crippen LogP contribution is -2.65. The summed E-state index contributed by atoms with van der Waals surface area (Å²) in [5, 5.41) is 6.69. The van der Waals surface area contributed by atoms with E-state index in [9.17, 15) is 9.59 Å². The first kappa shape index (κ1) is 22.2. The molecule has 0 unspecified atom stereocenters. The summed E-state index contributed by atoms with van der Waals surface area (Å²) >= 11 is 0. The Kier molecular flexibility index (Phi) is 7.74. The fourth-order valence-corrected chi connectivity index (χ4v) is 5.04. The molecule has 1 amide bonds. The Morgan fingerprint density at radius 3 is 2.81 bits per heavy atom. The minimum atomic E-state index is -0.152. The van der Waals surface area contributed by atoms with Crippen LogP contribution in [0.25, 0.3) is 0 Å². The Balaban J connectivity index is 0.00000131. The lowest BCUT2D eigenvalue weighted by molar-refractivity contribution is -0.0371. The van der Waals surface area contributed by atoms with E-state index in [0.29, 0.717) is 30.1 Å². The van der Waals surface area contributed by atoms with Gasteiger partial charge < -0.3 is 15.2 Å². The molecule has 1 aromatic heterocycles. The molecule has 3 aliphatic heterocycles. The van der Waals surface area contributed by atoms with Crippen LogP contribution >= 0.6 is 24.8 Å². The summed E-state index contributed by atoms with van der Waals surface area (Å²) < 4.78 is 1.48. The third kappa shape index (κ3) is 4.50. The first-order valence-corrected chi connectivity index (χ1v) is 9.55. The number of hydrogen-bond donors (Lipinski definition) is 2. The van der Waals surface area contributed by atoms with E-state index in [0.717, 1.165) is 25.6 Å². The molecular formula is C19H30Cl2N4O2. The molecule has 6 nitrogen and oxygen atoms in total. The molecule has 2 N–H and O–H groups in total. The lowest BCUT2D eigenvalue weighted by Gasteiger charge is -2.55. The number of rotatable bonds is 3. The Hall–Kier alpha value is -1.08. The van der Waals surface area contributed by atoms with Crippen molar-refractivity contribution in [2.24, 2.45) is 18.9 Å². The van der Waals surface area contributed by atoms with Crippen LogP contribution in [-0.2, 0) is 7.05 Å². The monoisotopic (exact) mass is 416 g/mol. The zero-order chi connectivity index (χ0) is 17.4. The molecule has 2 bridgehead atoms. The minimum absolute atomic E-state index is 0. The topological polar surface area (TPSA) is 66.4 Å². The summed E-state index contributed by atoms with van der Waals surface area (Å²) in [6, 6.07) is 4.20. The van der Waals surface area contributed by atoms with Gasteiger partial charge in [0.15, 0.2) is 0 Å². The van der Waals surface area contributed by atoms with E-state index in [1.54, 1.807) is 19.3 Å². The summed E-state index contributed by atoms with van der Waals surface area (Å²) in [7, 11) is 1.69. The lowest BCUT2D eigenvalue weighted by atomic mass is 9.73. The van der Waals surface area contributed by atoms with Gasteiger partial charge in [-0.3, -0.25) is 14.5 Å². The highest BCUT2D eigenvalue weighted by Gasteiger charge is 2.45. The Bertz CT molecular complexity index is 711. The number of carbonyl (C=O) groups is 1. The number of carbonyl (C=O) groups excluding carboxylic acids is 1. The molecule has 0 radical (unpaired) electrons. The van der Waals surface area contributed by atoms with Crippen LogP contribution in [0.1, 0.15) is 36.0 Å². The molecule has 4 heterocycles. The number of piperidine rings is 3. The second-order valence-corrected chi connectivity index (χ2v) is 7.86. The average Bonchev–Trinajstić information content (AvgIpc) is 2.64. The molecule has 4 atom stereocenters. The van der Waals surface area contributed by atoms with E-state index in [-0.39, 0.29) is 36.3 Å². The highest BCUT2D eigenvalue weighted by atomic mass is 35.5. The maximum atomic E-state index is 12.5. The van der Waals surface area contributed by atoms with Crippen molar-refractivity contribution in [3.8, 4) is 0 Å². The van der Waals surface area contributed by atoms with Crippen LogP contribution in [0.5, 0.6) is 0 Å². The molecule has 3 aliphatic rings. The zero-order valence-electron chi connectivity index (χ0n) is 15.7. The van der Waals surface area contributed by atoms with Crippen LogP contribution in [0, 0.1) is 11.8 Å². The van der Waals surface area contributed by atoms with Gasteiger partial charge >= 0.3 is 0 Å². The van der Waals surface area contributed by atoms with Crippen LogP contribution in [0.2, 0.25) is 0 Å². The first-order chi connectivity index (χ1) is 12.1. The van der Waals surface area contributed by atoms with Gasteiger partial charge in [-0.2, -0.15) is 0 Å². The van der Waals surface area contributed by atoms with E-state index < -0.39 is 0 Å². The number of aromatic nitrogens is 1. The van der Waals surface area contributed by atoms with E-state index in [1.807, 2.05) is 0 Å². The molecule has 1 aromatic rings. The van der Waals surface area contributed by atoms with Crippen molar-refractivity contribution in [1.82, 2.24) is 20.1 Å². The van der Waals surface area contributed by atoms with Gasteiger partial charge in [-0.15, -0.1) is 24.8 Å². The summed E-state index contributed by atoms with van der Waals surface area (Å²) in [6.45, 7) is 4.02. The van der Waals surface area contributed by atoms with Gasteiger partial charge in [-0.1, -0.05) is 6.42 Å². The summed E-state index contributed by atoms with van der Waals surface area (Å²) in [5.74, 6) is 1.23. The van der Waals surface area contributed by atoms with E-state index in [2.05, 4.69) is 15.5 Å². The zero-order valence-corrected chi connectivity index (χ0v) is 17.4. The van der Waals surface area contributed by atoms with Crippen LogP contribution in [0.15, 0.2) is 23.1 Å². The van der Waals surface area contributed by atoms with Crippen molar-refractivity contribution in [3.05, 3.63) is 34.2 Å². The normalized spacial score (nSPS) is 29.7. The van der Waals surface area contributed by atoms with Gasteiger partial charge in [0.05, 0.1) is 0 Å². The van der Waals surface area contributed by atoms with Gasteiger partial charge in [0.1, 0.15) is 0 Å². The number of halogens is 2. The standard InChI is InChI=1S/C19H28N4O2.2ClH/c1-22-7-5-13(9-18(22)24)19(25)21-12-17-15-8-14(10-20-11-15)16-4-2-3-6-23(16)17;;/h5,7,9,14-17,20H,2-4,6,8,10-12H2,1H3,(H,21,25);2*1H/t14-,15+,16+,17+;;/m1../s1. The first-order valence-electron chi connectivity index (χ1n) is 9.55. The van der Waals surface area contributed by atoms with Crippen LogP contribution < -0.4 is 16.2 Å². The van der Waals surface area contributed by atoms with E-state index in [4.69, 9.17) is 0 Å². The van der Waals surface area contributed by atoms with Gasteiger partial charge in [0.2, 0.25) is 0 Å². The van der Waals surface area contributed by atoms with Crippen molar-refractivity contribution in [2.45, 2.75) is 37.8 Å². The average molecular weight is 417 g/mol. The Labute approximate surface area is 172 Å². The molecular weight excluding hydrogens is 387 g/mol. The van der Waals surface area contributed by atoms with Crippen LogP contribution in [0.3, 0.4) is 0 Å². The second kappa shape index (κ2) is 9.41. The number of amides is 1. The fourth-order valence-electron chi connectivity index (χ4n) is 5.04. The number of nitrogens with zero attached hydrogens (tertiary/aromatic N) is 2. The SMILES string of the molecule is Cl.Cl.Cn1ccc(C(=O)NC[C@H]2[C@@H]3CNC[C@@H](C3)[C@@H]3CCCCN32)cc1=O. The summed E-state index contributed by atoms with van der Waals surface area (Å²) in [6.07, 6.45) is 6.81. The maximum Gasteiger partial charge on any atom is 0.251 e. The molecule has 27 heavy (non-hydrogen) atoms. The van der Waals surface area contributed by atoms with Crippen molar-refractivity contribution >= 4 is 30.7 Å². The number of pyridine rings is 1. The smallest absolute Gasteiger partial charge is 0.251 e. The largest absolute Gasteiger partial charge is 0.350 e. The van der Waals surface area contributed by atoms with E-state index in [1.165, 1.54) is 36.3 Å².